The molecule has 0 atom stereocenters. The van der Waals surface area contributed by atoms with Crippen molar-refractivity contribution >= 4 is 19.1 Å². The van der Waals surface area contributed by atoms with Gasteiger partial charge in [-0.15, -0.1) is 0 Å². The van der Waals surface area contributed by atoms with Gasteiger partial charge in [-0.25, -0.2) is 4.98 Å². The number of nitrogens with one attached hydrogen (secondary N) is 1. The van der Waals surface area contributed by atoms with Crippen LogP contribution in [0.25, 0.3) is 0 Å². The van der Waals surface area contributed by atoms with Crippen molar-refractivity contribution in [3.05, 3.63) is 17.1 Å². The van der Waals surface area contributed by atoms with Crippen LogP contribution in [0, 0.1) is 0 Å². The van der Waals surface area contributed by atoms with Crippen LogP contribution in [0.2, 0.25) is 0 Å². The molecule has 0 aliphatic carbocycles. The summed E-state index contributed by atoms with van der Waals surface area (Å²) in [5.74, 6) is 0. The van der Waals surface area contributed by atoms with E-state index in [1.165, 1.54) is 0 Å². The maximum atomic E-state index is 9.87. The summed E-state index contributed by atoms with van der Waals surface area (Å²) in [5.41, 5.74) is 1.92. The minimum atomic E-state index is -10.7. The molecule has 0 saturated heterocycles. The molecule has 12 heavy (non-hydrogen) atoms. The van der Waals surface area contributed by atoms with E-state index in [1.54, 1.807) is 11.3 Å². The molecule has 0 saturated carbocycles. The number of aromatic amines is 1. The van der Waals surface area contributed by atoms with E-state index in [9.17, 15) is 25.2 Å². The molecule has 0 aromatic carbocycles. The summed E-state index contributed by atoms with van der Waals surface area (Å²) in [4.78, 5) is 2.88. The second-order valence-corrected chi connectivity index (χ2v) is 4.38. The van der Waals surface area contributed by atoms with Crippen LogP contribution < -0.4 is 4.98 Å². The van der Waals surface area contributed by atoms with E-state index in [1.807, 2.05) is 17.1 Å². The Balaban J connectivity index is 0.000000211. The zero-order chi connectivity index (χ0) is 9.94. The Labute approximate surface area is 67.3 Å². The molecular formula is C3H4F6NPS. The first-order valence-electron chi connectivity index (χ1n) is 2.40. The molecule has 0 aliphatic heterocycles. The first kappa shape index (κ1) is 11.6. The van der Waals surface area contributed by atoms with Crippen molar-refractivity contribution in [3.63, 3.8) is 0 Å². The van der Waals surface area contributed by atoms with Gasteiger partial charge in [-0.1, -0.05) is 11.3 Å². The third-order valence-electron chi connectivity index (χ3n) is 0.379. The van der Waals surface area contributed by atoms with Crippen LogP contribution in [0.4, 0.5) is 25.2 Å². The molecular weight excluding hydrogens is 227 g/mol. The van der Waals surface area contributed by atoms with Gasteiger partial charge >= 0.3 is 33.0 Å². The molecule has 1 aromatic heterocycles. The van der Waals surface area contributed by atoms with E-state index in [2.05, 4.69) is 4.98 Å². The zero-order valence-electron chi connectivity index (χ0n) is 5.36. The predicted octanol–water partition coefficient (Wildman–Crippen LogP) is 3.94. The SMILES string of the molecule is F[P-](F)(F)(F)(F)F.c1csc[nH+]1. The summed E-state index contributed by atoms with van der Waals surface area (Å²) >= 11 is 1.66. The Bertz CT molecular complexity index is 194. The summed E-state index contributed by atoms with van der Waals surface area (Å²) in [6, 6.07) is 0. The summed E-state index contributed by atoms with van der Waals surface area (Å²) in [6.45, 7) is 0. The van der Waals surface area contributed by atoms with Crippen LogP contribution in [0.15, 0.2) is 17.1 Å². The molecule has 1 aromatic rings. The molecule has 1 nitrogen and oxygen atoms in total. The van der Waals surface area contributed by atoms with Crippen molar-refractivity contribution < 1.29 is 30.2 Å². The normalized spacial score (nSPS) is 16.8. The van der Waals surface area contributed by atoms with Gasteiger partial charge in [0.25, 0.3) is 0 Å². The Morgan fingerprint density at radius 2 is 1.42 bits per heavy atom. The van der Waals surface area contributed by atoms with Gasteiger partial charge in [0.15, 0.2) is 6.20 Å². The Morgan fingerprint density at radius 3 is 1.50 bits per heavy atom. The summed E-state index contributed by atoms with van der Waals surface area (Å²) in [7, 11) is -10.7. The first-order chi connectivity index (χ1) is 4.95. The van der Waals surface area contributed by atoms with E-state index < -0.39 is 7.81 Å². The van der Waals surface area contributed by atoms with Gasteiger partial charge < -0.3 is 0 Å². The Hall–Kier alpha value is -0.360. The van der Waals surface area contributed by atoms with Gasteiger partial charge in [0, 0.05) is 0 Å². The number of hydrogen-bond acceptors (Lipinski definition) is 1. The van der Waals surface area contributed by atoms with Crippen molar-refractivity contribution in [2.75, 3.05) is 0 Å². The Kier molecular flexibility index (Phi) is 2.49. The number of thiazole rings is 1. The van der Waals surface area contributed by atoms with E-state index in [4.69, 9.17) is 0 Å². The summed E-state index contributed by atoms with van der Waals surface area (Å²) in [6.07, 6.45) is 1.89. The monoisotopic (exact) mass is 231 g/mol. The van der Waals surface area contributed by atoms with Crippen molar-refractivity contribution in [1.29, 1.82) is 0 Å². The number of hydrogen-bond donors (Lipinski definition) is 0. The third kappa shape index (κ3) is 33.4. The molecule has 0 aliphatic rings. The predicted molar refractivity (Wildman–Crippen MR) is 34.4 cm³/mol. The summed E-state index contributed by atoms with van der Waals surface area (Å²) < 4.78 is 59.2. The zero-order valence-corrected chi connectivity index (χ0v) is 7.07. The van der Waals surface area contributed by atoms with Gasteiger partial charge in [0.05, 0.1) is 5.38 Å². The van der Waals surface area contributed by atoms with Crippen LogP contribution in [-0.2, 0) is 0 Å². The second-order valence-electron chi connectivity index (χ2n) is 1.68. The van der Waals surface area contributed by atoms with Crippen LogP contribution in [0.5, 0.6) is 0 Å². The van der Waals surface area contributed by atoms with Crippen LogP contribution in [0.3, 0.4) is 0 Å². The molecule has 1 rings (SSSR count). The average molecular weight is 231 g/mol. The van der Waals surface area contributed by atoms with Gasteiger partial charge in [0.1, 0.15) is 0 Å². The number of rotatable bonds is 0. The molecule has 1 N–H and O–H groups in total. The minimum absolute atomic E-state index is 1.66. The molecule has 0 amide bonds. The first-order valence-corrected chi connectivity index (χ1v) is 5.37. The van der Waals surface area contributed by atoms with Gasteiger partial charge in [0.2, 0.25) is 5.51 Å². The number of H-pyrrole nitrogens is 1. The molecule has 1 heterocycles. The topological polar surface area (TPSA) is 14.1 Å². The number of halogens is 6. The van der Waals surface area contributed by atoms with Gasteiger partial charge in [-0.05, 0) is 0 Å². The number of aromatic nitrogens is 1. The fraction of sp³-hybridized carbons (Fsp3) is 0. The van der Waals surface area contributed by atoms with Crippen molar-refractivity contribution in [1.82, 2.24) is 0 Å². The fourth-order valence-electron chi connectivity index (χ4n) is 0.196. The summed E-state index contributed by atoms with van der Waals surface area (Å²) in [5, 5.41) is 1.99. The van der Waals surface area contributed by atoms with Crippen LogP contribution >= 0.6 is 19.1 Å². The molecule has 0 radical (unpaired) electrons. The smallest absolute Gasteiger partial charge is 0.208 e. The maximum absolute atomic E-state index is 10.7. The molecule has 0 unspecified atom stereocenters. The van der Waals surface area contributed by atoms with E-state index in [0.29, 0.717) is 0 Å². The molecule has 0 fully saturated rings. The van der Waals surface area contributed by atoms with Gasteiger partial charge in [-0.2, -0.15) is 0 Å². The maximum Gasteiger partial charge on any atom is 0.222 e. The fourth-order valence-corrected chi connectivity index (χ4v) is 0.589. The average Bonchev–Trinajstić information content (AvgIpc) is 2.00. The third-order valence-corrected chi connectivity index (χ3v) is 0.944. The standard InChI is InChI=1S/C3H3NS.F6P/c1-2-5-3-4-1;1-7(2,3,4,5)6/h1-3H;/q;-1/p+1. The van der Waals surface area contributed by atoms with Gasteiger partial charge in [-0.3, -0.25) is 0 Å². The van der Waals surface area contributed by atoms with Crippen molar-refractivity contribution in [2.45, 2.75) is 0 Å². The quantitative estimate of drug-likeness (QED) is 0.474. The second kappa shape index (κ2) is 2.56. The molecule has 0 spiro atoms. The van der Waals surface area contributed by atoms with E-state index in [-0.39, 0.29) is 0 Å². The van der Waals surface area contributed by atoms with Crippen molar-refractivity contribution in [3.8, 4) is 0 Å². The Morgan fingerprint density at radius 1 is 1.00 bits per heavy atom. The molecule has 9 heteroatoms. The largest absolute Gasteiger partial charge is 0.222 e. The minimum Gasteiger partial charge on any atom is -0.208 e. The van der Waals surface area contributed by atoms with Crippen LogP contribution in [-0.4, -0.2) is 0 Å². The van der Waals surface area contributed by atoms with Crippen molar-refractivity contribution in [2.24, 2.45) is 0 Å². The van der Waals surface area contributed by atoms with Crippen LogP contribution in [0.1, 0.15) is 0 Å². The van der Waals surface area contributed by atoms with E-state index >= 15 is 0 Å². The molecule has 74 valence electrons. The molecule has 0 bridgehead atoms. The van der Waals surface area contributed by atoms with E-state index in [0.717, 1.165) is 0 Å².